The van der Waals surface area contributed by atoms with Crippen molar-refractivity contribution in [2.24, 2.45) is 0 Å². The highest BCUT2D eigenvalue weighted by Crippen LogP contribution is 2.15. The van der Waals surface area contributed by atoms with Crippen molar-refractivity contribution in [1.82, 2.24) is 10.6 Å². The van der Waals surface area contributed by atoms with Crippen LogP contribution in [-0.4, -0.2) is 42.6 Å². The van der Waals surface area contributed by atoms with Crippen LogP contribution in [0, 0.1) is 6.92 Å². The van der Waals surface area contributed by atoms with Crippen LogP contribution < -0.4 is 15.4 Å². The van der Waals surface area contributed by atoms with Gasteiger partial charge in [0, 0.05) is 30.5 Å². The first-order valence-electron chi connectivity index (χ1n) is 7.98. The lowest BCUT2D eigenvalue weighted by Gasteiger charge is -2.23. The molecule has 1 saturated heterocycles. The largest absolute Gasteiger partial charge is 0.489 e. The first-order chi connectivity index (χ1) is 10.7. The summed E-state index contributed by atoms with van der Waals surface area (Å²) in [7, 11) is 0. The van der Waals surface area contributed by atoms with Crippen molar-refractivity contribution >= 4 is 30.1 Å². The van der Waals surface area contributed by atoms with Gasteiger partial charge in [-0.05, 0) is 31.0 Å². The van der Waals surface area contributed by atoms with Gasteiger partial charge in [0.2, 0.25) is 5.91 Å². The molecule has 1 heterocycles. The zero-order valence-corrected chi connectivity index (χ0v) is 15.5. The van der Waals surface area contributed by atoms with E-state index in [0.29, 0.717) is 19.0 Å². The fourth-order valence-electron chi connectivity index (χ4n) is 2.42. The van der Waals surface area contributed by atoms with Crippen molar-refractivity contribution < 1.29 is 9.53 Å². The van der Waals surface area contributed by atoms with Crippen LogP contribution in [-0.2, 0) is 4.79 Å². The van der Waals surface area contributed by atoms with E-state index in [9.17, 15) is 4.79 Å². The molecule has 0 aliphatic carbocycles. The Labute approximate surface area is 149 Å². The Hall–Kier alpha value is -0.910. The molecule has 2 unspecified atom stereocenters. The Kier molecular flexibility index (Phi) is 9.44. The number of ether oxygens (including phenoxy) is 1. The average molecular weight is 359 g/mol. The third-order valence-electron chi connectivity index (χ3n) is 3.70. The van der Waals surface area contributed by atoms with Gasteiger partial charge in [-0.2, -0.15) is 11.8 Å². The number of benzene rings is 1. The smallest absolute Gasteiger partial charge is 0.221 e. The van der Waals surface area contributed by atoms with Crippen LogP contribution >= 0.6 is 24.2 Å². The quantitative estimate of drug-likeness (QED) is 0.787. The van der Waals surface area contributed by atoms with Gasteiger partial charge < -0.3 is 15.4 Å². The van der Waals surface area contributed by atoms with Crippen molar-refractivity contribution in [2.75, 3.05) is 24.6 Å². The molecule has 2 N–H and O–H groups in total. The predicted octanol–water partition coefficient (Wildman–Crippen LogP) is 2.79. The Morgan fingerprint density at radius 2 is 2.35 bits per heavy atom. The van der Waals surface area contributed by atoms with Crippen LogP contribution in [0.3, 0.4) is 0 Å². The van der Waals surface area contributed by atoms with Gasteiger partial charge in [0.05, 0.1) is 6.54 Å². The molecule has 0 aromatic heterocycles. The lowest BCUT2D eigenvalue weighted by molar-refractivity contribution is -0.121. The number of carbonyl (C=O) groups is 1. The highest BCUT2D eigenvalue weighted by Gasteiger charge is 2.17. The van der Waals surface area contributed by atoms with Gasteiger partial charge in [-0.1, -0.05) is 19.1 Å². The van der Waals surface area contributed by atoms with Gasteiger partial charge in [0.25, 0.3) is 0 Å². The van der Waals surface area contributed by atoms with E-state index in [0.717, 1.165) is 30.2 Å². The van der Waals surface area contributed by atoms with E-state index >= 15 is 0 Å². The number of halogens is 1. The summed E-state index contributed by atoms with van der Waals surface area (Å²) < 4.78 is 5.95. The predicted molar refractivity (Wildman–Crippen MR) is 99.9 cm³/mol. The maximum atomic E-state index is 12.0. The van der Waals surface area contributed by atoms with Crippen LogP contribution in [0.25, 0.3) is 0 Å². The number of nitrogens with one attached hydrogen (secondary N) is 2. The van der Waals surface area contributed by atoms with Gasteiger partial charge in [0.15, 0.2) is 0 Å². The zero-order chi connectivity index (χ0) is 15.8. The topological polar surface area (TPSA) is 50.4 Å². The molecule has 1 amide bonds. The van der Waals surface area contributed by atoms with Crippen LogP contribution in [0.2, 0.25) is 0 Å². The number of hydrogen-bond donors (Lipinski definition) is 2. The Morgan fingerprint density at radius 1 is 1.52 bits per heavy atom. The van der Waals surface area contributed by atoms with Crippen LogP contribution in [0.5, 0.6) is 5.75 Å². The van der Waals surface area contributed by atoms with Gasteiger partial charge in [-0.25, -0.2) is 0 Å². The second-order valence-electron chi connectivity index (χ2n) is 5.70. The molecule has 0 spiro atoms. The number of hydrogen-bond acceptors (Lipinski definition) is 4. The van der Waals surface area contributed by atoms with E-state index in [1.165, 1.54) is 5.56 Å². The summed E-state index contributed by atoms with van der Waals surface area (Å²) in [5.74, 6) is 3.13. The van der Waals surface area contributed by atoms with Crippen molar-refractivity contribution in [3.05, 3.63) is 29.8 Å². The average Bonchev–Trinajstić information content (AvgIpc) is 2.52. The molecule has 0 saturated carbocycles. The molecule has 6 heteroatoms. The molecule has 0 radical (unpaired) electrons. The Bertz CT molecular complexity index is 481. The normalized spacial score (nSPS) is 18.6. The number of amides is 1. The molecular weight excluding hydrogens is 332 g/mol. The van der Waals surface area contributed by atoms with Crippen molar-refractivity contribution in [2.45, 2.75) is 38.8 Å². The van der Waals surface area contributed by atoms with Crippen LogP contribution in [0.4, 0.5) is 0 Å². The second kappa shape index (κ2) is 10.8. The highest BCUT2D eigenvalue weighted by molar-refractivity contribution is 7.99. The standard InChI is InChI=1S/C17H26N2O2S.ClH/c1-3-15(21-16-6-4-5-13(2)9-16)11-19-17(20)10-14-12-22-8-7-18-14;/h4-6,9,14-15,18H,3,7-8,10-12H2,1-2H3,(H,19,20);1H. The first-order valence-corrected chi connectivity index (χ1v) is 9.14. The number of thioether (sulfide) groups is 1. The monoisotopic (exact) mass is 358 g/mol. The molecule has 23 heavy (non-hydrogen) atoms. The van der Waals surface area contributed by atoms with E-state index in [1.54, 1.807) is 0 Å². The minimum absolute atomic E-state index is 0. The molecule has 2 atom stereocenters. The van der Waals surface area contributed by atoms with E-state index < -0.39 is 0 Å². The molecule has 130 valence electrons. The Balaban J connectivity index is 0.00000264. The molecule has 1 aliphatic rings. The van der Waals surface area contributed by atoms with Gasteiger partial charge in [-0.15, -0.1) is 12.4 Å². The van der Waals surface area contributed by atoms with E-state index in [1.807, 2.05) is 43.0 Å². The summed E-state index contributed by atoms with van der Waals surface area (Å²) in [6, 6.07) is 8.32. The fraction of sp³-hybridized carbons (Fsp3) is 0.588. The maximum Gasteiger partial charge on any atom is 0.221 e. The highest BCUT2D eigenvalue weighted by atomic mass is 35.5. The molecule has 2 rings (SSSR count). The zero-order valence-electron chi connectivity index (χ0n) is 13.8. The van der Waals surface area contributed by atoms with Crippen LogP contribution in [0.1, 0.15) is 25.3 Å². The number of aryl methyl sites for hydroxylation is 1. The Morgan fingerprint density at radius 3 is 3.00 bits per heavy atom. The maximum absolute atomic E-state index is 12.0. The lowest BCUT2D eigenvalue weighted by atomic mass is 10.2. The number of carbonyl (C=O) groups excluding carboxylic acids is 1. The summed E-state index contributed by atoms with van der Waals surface area (Å²) in [5, 5.41) is 6.39. The summed E-state index contributed by atoms with van der Waals surface area (Å²) in [6.45, 7) is 5.68. The van der Waals surface area contributed by atoms with Crippen LogP contribution in [0.15, 0.2) is 24.3 Å². The first kappa shape index (κ1) is 20.1. The minimum atomic E-state index is 0. The number of rotatable bonds is 7. The van der Waals surface area contributed by atoms with E-state index in [-0.39, 0.29) is 24.4 Å². The minimum Gasteiger partial charge on any atom is -0.489 e. The molecule has 4 nitrogen and oxygen atoms in total. The van der Waals surface area contributed by atoms with Crippen molar-refractivity contribution in [1.29, 1.82) is 0 Å². The van der Waals surface area contributed by atoms with Gasteiger partial charge in [0.1, 0.15) is 11.9 Å². The third kappa shape index (κ3) is 7.46. The van der Waals surface area contributed by atoms with Crippen molar-refractivity contribution in [3.63, 3.8) is 0 Å². The van der Waals surface area contributed by atoms with Gasteiger partial charge in [-0.3, -0.25) is 4.79 Å². The summed E-state index contributed by atoms with van der Waals surface area (Å²) in [5.41, 5.74) is 1.18. The SMILES string of the molecule is CCC(CNC(=O)CC1CSCCN1)Oc1cccc(C)c1.Cl. The summed E-state index contributed by atoms with van der Waals surface area (Å²) in [6.07, 6.45) is 1.43. The lowest BCUT2D eigenvalue weighted by Crippen LogP contribution is -2.43. The van der Waals surface area contributed by atoms with E-state index in [2.05, 4.69) is 17.6 Å². The summed E-state index contributed by atoms with van der Waals surface area (Å²) in [4.78, 5) is 12.0. The molecule has 0 bridgehead atoms. The molecule has 1 aliphatic heterocycles. The second-order valence-corrected chi connectivity index (χ2v) is 6.85. The third-order valence-corrected chi connectivity index (χ3v) is 4.84. The van der Waals surface area contributed by atoms with Crippen molar-refractivity contribution in [3.8, 4) is 5.75 Å². The van der Waals surface area contributed by atoms with E-state index in [4.69, 9.17) is 4.74 Å². The molecule has 1 fully saturated rings. The summed E-state index contributed by atoms with van der Waals surface area (Å²) >= 11 is 1.91. The molecule has 1 aromatic carbocycles. The molecular formula is C17H27ClN2O2S. The van der Waals surface area contributed by atoms with Gasteiger partial charge >= 0.3 is 0 Å². The fourth-order valence-corrected chi connectivity index (χ4v) is 3.37. The molecule has 1 aromatic rings.